The van der Waals surface area contributed by atoms with Crippen molar-refractivity contribution in [2.45, 2.75) is 32.7 Å². The number of nitrogens with zero attached hydrogens (tertiary/aromatic N) is 3. The minimum Gasteiger partial charge on any atom is -0.478 e. The number of Topliss-reactive ketones (excluding diaryl/α,β-unsaturated/α-hetero) is 1. The van der Waals surface area contributed by atoms with Crippen molar-refractivity contribution >= 4 is 23.6 Å². The molecule has 0 saturated carbocycles. The zero-order valence-corrected chi connectivity index (χ0v) is 22.5. The number of benzene rings is 2. The smallest absolute Gasteiger partial charge is 0.328 e. The summed E-state index contributed by atoms with van der Waals surface area (Å²) < 4.78 is 18.3. The fourth-order valence-electron chi connectivity index (χ4n) is 4.17. The number of amides is 1. The van der Waals surface area contributed by atoms with Gasteiger partial charge in [-0.3, -0.25) is 14.5 Å². The van der Waals surface area contributed by atoms with Crippen LogP contribution in [0, 0.1) is 11.7 Å². The van der Waals surface area contributed by atoms with Gasteiger partial charge in [-0.25, -0.2) is 14.0 Å². The number of carbonyl (C=O) groups is 4. The molecule has 0 bridgehead atoms. The third-order valence-electron chi connectivity index (χ3n) is 6.40. The minimum atomic E-state index is -1.26. The second kappa shape index (κ2) is 15.2. The van der Waals surface area contributed by atoms with E-state index in [-0.39, 0.29) is 29.2 Å². The number of rotatable bonds is 10. The van der Waals surface area contributed by atoms with Crippen molar-refractivity contribution in [1.82, 2.24) is 20.4 Å². The first-order valence-corrected chi connectivity index (χ1v) is 12.9. The van der Waals surface area contributed by atoms with E-state index >= 15 is 0 Å². The predicted octanol–water partition coefficient (Wildman–Crippen LogP) is 3.82. The Morgan fingerprint density at radius 3 is 2.17 bits per heavy atom. The molecular weight excluding hydrogens is 535 g/mol. The van der Waals surface area contributed by atoms with E-state index in [2.05, 4.69) is 20.4 Å². The summed E-state index contributed by atoms with van der Waals surface area (Å²) >= 11 is 0. The number of halogens is 1. The Kier molecular flexibility index (Phi) is 11.4. The fourth-order valence-corrected chi connectivity index (χ4v) is 4.17. The normalized spacial score (nSPS) is 13.8. The van der Waals surface area contributed by atoms with Crippen molar-refractivity contribution in [3.8, 4) is 11.5 Å². The average molecular weight is 567 g/mol. The van der Waals surface area contributed by atoms with E-state index in [1.165, 1.54) is 19.1 Å². The van der Waals surface area contributed by atoms with Crippen LogP contribution < -0.4 is 5.32 Å². The third kappa shape index (κ3) is 10.4. The molecule has 1 saturated heterocycles. The van der Waals surface area contributed by atoms with Crippen molar-refractivity contribution in [2.75, 3.05) is 19.6 Å². The summed E-state index contributed by atoms with van der Waals surface area (Å²) in [5, 5.41) is 22.3. The molecule has 0 unspecified atom stereocenters. The monoisotopic (exact) mass is 566 g/mol. The zero-order valence-electron chi connectivity index (χ0n) is 22.5. The lowest BCUT2D eigenvalue weighted by Crippen LogP contribution is -2.35. The molecule has 1 aromatic heterocycles. The summed E-state index contributed by atoms with van der Waals surface area (Å²) in [5.41, 5.74) is 2.37. The molecule has 0 atom stereocenters. The van der Waals surface area contributed by atoms with Crippen LogP contribution in [-0.4, -0.2) is 68.5 Å². The highest BCUT2D eigenvalue weighted by Crippen LogP contribution is 2.22. The second-order valence-corrected chi connectivity index (χ2v) is 9.46. The Labute approximate surface area is 235 Å². The van der Waals surface area contributed by atoms with Gasteiger partial charge in [-0.2, -0.15) is 4.98 Å². The van der Waals surface area contributed by atoms with Gasteiger partial charge in [-0.1, -0.05) is 29.4 Å². The maximum atomic E-state index is 13.0. The number of likely N-dealkylation sites (tertiary alicyclic amines) is 1. The van der Waals surface area contributed by atoms with E-state index in [9.17, 15) is 23.6 Å². The van der Waals surface area contributed by atoms with Crippen LogP contribution in [0.5, 0.6) is 0 Å². The Hall–Kier alpha value is -4.71. The number of carboxylic acids is 2. The molecule has 11 nitrogen and oxygen atoms in total. The number of carboxylic acid groups (broad SMARTS) is 2. The van der Waals surface area contributed by atoms with Gasteiger partial charge in [0.25, 0.3) is 17.6 Å². The van der Waals surface area contributed by atoms with E-state index in [4.69, 9.17) is 14.7 Å². The Morgan fingerprint density at radius 2 is 1.61 bits per heavy atom. The van der Waals surface area contributed by atoms with Crippen LogP contribution in [0.15, 0.2) is 65.2 Å². The molecule has 3 aromatic rings. The highest BCUT2D eigenvalue weighted by Gasteiger charge is 2.20. The molecule has 2 aromatic carbocycles. The van der Waals surface area contributed by atoms with Crippen LogP contribution in [0.25, 0.3) is 11.5 Å². The lowest BCUT2D eigenvalue weighted by Gasteiger charge is -2.32. The van der Waals surface area contributed by atoms with Gasteiger partial charge in [0.05, 0.1) is 0 Å². The van der Waals surface area contributed by atoms with Crippen molar-refractivity contribution in [3.05, 3.63) is 83.5 Å². The van der Waals surface area contributed by atoms with E-state index in [0.717, 1.165) is 44.5 Å². The topological polar surface area (TPSA) is 163 Å². The first-order chi connectivity index (χ1) is 19.6. The van der Waals surface area contributed by atoms with Crippen molar-refractivity contribution in [1.29, 1.82) is 0 Å². The van der Waals surface area contributed by atoms with Crippen molar-refractivity contribution < 1.29 is 38.3 Å². The molecule has 0 radical (unpaired) electrons. The van der Waals surface area contributed by atoms with Crippen LogP contribution in [-0.2, 0) is 16.1 Å². The van der Waals surface area contributed by atoms with Crippen molar-refractivity contribution in [2.24, 2.45) is 5.92 Å². The molecule has 41 heavy (non-hydrogen) atoms. The molecule has 1 aliphatic rings. The maximum absolute atomic E-state index is 13.0. The van der Waals surface area contributed by atoms with Crippen LogP contribution in [0.3, 0.4) is 0 Å². The predicted molar refractivity (Wildman–Crippen MR) is 146 cm³/mol. The highest BCUT2D eigenvalue weighted by molar-refractivity contribution is 5.94. The molecule has 12 heteroatoms. The Bertz CT molecular complexity index is 1350. The van der Waals surface area contributed by atoms with Gasteiger partial charge in [0.1, 0.15) is 5.82 Å². The number of aliphatic carboxylic acids is 2. The van der Waals surface area contributed by atoms with Crippen molar-refractivity contribution in [3.63, 3.8) is 0 Å². The first kappa shape index (κ1) is 30.8. The van der Waals surface area contributed by atoms with Crippen LogP contribution in [0.4, 0.5) is 4.39 Å². The number of hydrogen-bond donors (Lipinski definition) is 3. The molecule has 1 fully saturated rings. The first-order valence-electron chi connectivity index (χ1n) is 12.9. The standard InChI is InChI=1S/C25H27FN4O3.C4H4O4/c1-17(31)20-4-6-21(7-5-20)25-28-23(29-33-25)24(32)27-13-10-18-11-14-30(15-12-18)16-19-2-8-22(26)9-3-19;5-3(6)1-2-4(7)8/h2-9,18H,10-16H2,1H3,(H,27,32);1-2H,(H,5,6)(H,7,8). The summed E-state index contributed by atoms with van der Waals surface area (Å²) in [6, 6.07) is 13.5. The highest BCUT2D eigenvalue weighted by atomic mass is 19.1. The summed E-state index contributed by atoms with van der Waals surface area (Å²) in [6.07, 6.45) is 4.15. The van der Waals surface area contributed by atoms with E-state index in [1.54, 1.807) is 24.3 Å². The van der Waals surface area contributed by atoms with E-state index < -0.39 is 11.9 Å². The number of hydrogen-bond acceptors (Lipinski definition) is 8. The van der Waals surface area contributed by atoms with E-state index in [0.29, 0.717) is 35.7 Å². The van der Waals surface area contributed by atoms with Crippen LogP contribution in [0.1, 0.15) is 52.7 Å². The summed E-state index contributed by atoms with van der Waals surface area (Å²) in [4.78, 5) is 49.4. The Morgan fingerprint density at radius 1 is 1.00 bits per heavy atom. The van der Waals surface area contributed by atoms with Gasteiger partial charge in [0, 0.05) is 36.4 Å². The number of aromatic nitrogens is 2. The number of ketones is 1. The molecule has 1 aliphatic heterocycles. The zero-order chi connectivity index (χ0) is 29.8. The Balaban J connectivity index is 0.000000507. The minimum absolute atomic E-state index is 0.00485. The quantitative estimate of drug-likeness (QED) is 0.243. The molecule has 4 rings (SSSR count). The molecule has 216 valence electrons. The molecule has 0 spiro atoms. The van der Waals surface area contributed by atoms with Gasteiger partial charge >= 0.3 is 11.9 Å². The maximum Gasteiger partial charge on any atom is 0.328 e. The molecule has 1 amide bonds. The third-order valence-corrected chi connectivity index (χ3v) is 6.40. The van der Waals surface area contributed by atoms with Gasteiger partial charge in [-0.15, -0.1) is 0 Å². The lowest BCUT2D eigenvalue weighted by atomic mass is 9.93. The van der Waals surface area contributed by atoms with Gasteiger partial charge in [0.2, 0.25) is 0 Å². The molecule has 3 N–H and O–H groups in total. The second-order valence-electron chi connectivity index (χ2n) is 9.46. The summed E-state index contributed by atoms with van der Waals surface area (Å²) in [7, 11) is 0. The SMILES string of the molecule is CC(=O)c1ccc(-c2nc(C(=O)NCCC3CCN(Cc4ccc(F)cc4)CC3)no2)cc1.O=C(O)C=CC(=O)O. The number of carbonyl (C=O) groups excluding carboxylic acids is 2. The van der Waals surface area contributed by atoms with E-state index in [1.807, 2.05) is 12.1 Å². The largest absolute Gasteiger partial charge is 0.478 e. The van der Waals surface area contributed by atoms with Gasteiger partial charge < -0.3 is 20.1 Å². The fraction of sp³-hybridized carbons (Fsp3) is 0.310. The number of nitrogens with one attached hydrogen (secondary N) is 1. The lowest BCUT2D eigenvalue weighted by molar-refractivity contribution is -0.134. The summed E-state index contributed by atoms with van der Waals surface area (Å²) in [6.45, 7) is 4.88. The average Bonchev–Trinajstić information content (AvgIpc) is 3.45. The molecule has 2 heterocycles. The molecule has 0 aliphatic carbocycles. The van der Waals surface area contributed by atoms with Gasteiger partial charge in [-0.05, 0) is 75.0 Å². The van der Waals surface area contributed by atoms with Crippen LogP contribution >= 0.6 is 0 Å². The van der Waals surface area contributed by atoms with Crippen LogP contribution in [0.2, 0.25) is 0 Å². The molecular formula is C29H31FN4O7. The van der Waals surface area contributed by atoms with Gasteiger partial charge in [0.15, 0.2) is 5.78 Å². The number of piperidine rings is 1. The summed E-state index contributed by atoms with van der Waals surface area (Å²) in [5.74, 6) is -2.32.